The largest absolute Gasteiger partial charge is 0.357 e. The third-order valence-electron chi connectivity index (χ3n) is 3.41. The van der Waals surface area contributed by atoms with Crippen LogP contribution < -0.4 is 5.56 Å². The lowest BCUT2D eigenvalue weighted by atomic mass is 10.2. The van der Waals surface area contributed by atoms with Gasteiger partial charge in [-0.25, -0.2) is 4.98 Å². The minimum atomic E-state index is -0.0867. The first-order chi connectivity index (χ1) is 9.84. The average Bonchev–Trinajstić information content (AvgIpc) is 2.86. The number of hydrogen-bond donors (Lipinski definition) is 1. The van der Waals surface area contributed by atoms with Crippen LogP contribution in [-0.4, -0.2) is 14.5 Å². The second-order valence-corrected chi connectivity index (χ2v) is 4.63. The van der Waals surface area contributed by atoms with E-state index in [2.05, 4.69) is 9.97 Å². The Morgan fingerprint density at radius 1 is 0.950 bits per heavy atom. The van der Waals surface area contributed by atoms with Gasteiger partial charge in [-0.15, -0.1) is 0 Å². The molecular formula is C16H11N3O. The second kappa shape index (κ2) is 4.06. The molecule has 0 spiro atoms. The third kappa shape index (κ3) is 1.48. The SMILES string of the molecule is O=c1c(-c2ccccc2)nc2c[nH]c3ccccc3n1-2. The van der Waals surface area contributed by atoms with Gasteiger partial charge in [-0.3, -0.25) is 9.36 Å². The molecule has 2 aromatic rings. The summed E-state index contributed by atoms with van der Waals surface area (Å²) in [5, 5.41) is 0. The highest BCUT2D eigenvalue weighted by Crippen LogP contribution is 2.20. The summed E-state index contributed by atoms with van der Waals surface area (Å²) in [6, 6.07) is 17.2. The van der Waals surface area contributed by atoms with E-state index in [1.54, 1.807) is 10.8 Å². The third-order valence-corrected chi connectivity index (χ3v) is 3.41. The summed E-state index contributed by atoms with van der Waals surface area (Å²) in [7, 11) is 0. The van der Waals surface area contributed by atoms with E-state index in [1.165, 1.54) is 0 Å². The molecule has 0 bridgehead atoms. The van der Waals surface area contributed by atoms with Gasteiger partial charge in [0.05, 0.1) is 11.0 Å². The van der Waals surface area contributed by atoms with Gasteiger partial charge in [0.25, 0.3) is 5.56 Å². The van der Waals surface area contributed by atoms with E-state index in [0.717, 1.165) is 16.6 Å². The van der Waals surface area contributed by atoms with Crippen LogP contribution in [0.5, 0.6) is 0 Å². The van der Waals surface area contributed by atoms with Gasteiger partial charge >= 0.3 is 0 Å². The fourth-order valence-electron chi connectivity index (χ4n) is 2.47. The molecule has 0 atom stereocenters. The van der Waals surface area contributed by atoms with Gasteiger partial charge in [0.15, 0.2) is 5.82 Å². The quantitative estimate of drug-likeness (QED) is 0.573. The van der Waals surface area contributed by atoms with Gasteiger partial charge in [0.2, 0.25) is 0 Å². The summed E-state index contributed by atoms with van der Waals surface area (Å²) >= 11 is 0. The number of aromatic nitrogens is 3. The van der Waals surface area contributed by atoms with Crippen LogP contribution >= 0.6 is 0 Å². The van der Waals surface area contributed by atoms with E-state index in [4.69, 9.17) is 0 Å². The van der Waals surface area contributed by atoms with Crippen molar-refractivity contribution in [2.45, 2.75) is 0 Å². The lowest BCUT2D eigenvalue weighted by Crippen LogP contribution is -2.14. The van der Waals surface area contributed by atoms with Crippen molar-refractivity contribution in [1.29, 1.82) is 0 Å². The van der Waals surface area contributed by atoms with Crippen LogP contribution in [0.3, 0.4) is 0 Å². The maximum Gasteiger partial charge on any atom is 0.283 e. The van der Waals surface area contributed by atoms with E-state index in [1.807, 2.05) is 54.6 Å². The summed E-state index contributed by atoms with van der Waals surface area (Å²) in [6.45, 7) is 0. The predicted octanol–water partition coefficient (Wildman–Crippen LogP) is 2.82. The molecule has 0 unspecified atom stereocenters. The molecule has 2 aliphatic rings. The second-order valence-electron chi connectivity index (χ2n) is 4.63. The molecule has 2 aromatic carbocycles. The van der Waals surface area contributed by atoms with E-state index in [0.29, 0.717) is 11.5 Å². The molecule has 96 valence electrons. The molecule has 0 saturated heterocycles. The molecule has 4 nitrogen and oxygen atoms in total. The lowest BCUT2D eigenvalue weighted by Gasteiger charge is -2.05. The van der Waals surface area contributed by atoms with Crippen LogP contribution in [-0.2, 0) is 0 Å². The maximum absolute atomic E-state index is 12.6. The van der Waals surface area contributed by atoms with Crippen molar-refractivity contribution in [2.24, 2.45) is 0 Å². The van der Waals surface area contributed by atoms with Crippen LogP contribution in [0, 0.1) is 0 Å². The molecule has 4 heteroatoms. The number of nitrogens with zero attached hydrogens (tertiary/aromatic N) is 2. The Hall–Kier alpha value is -2.88. The first-order valence-electron chi connectivity index (χ1n) is 6.39. The number of aromatic amines is 1. The summed E-state index contributed by atoms with van der Waals surface area (Å²) < 4.78 is 1.65. The number of rotatable bonds is 1. The first-order valence-corrected chi connectivity index (χ1v) is 6.39. The molecule has 2 aliphatic heterocycles. The number of benzene rings is 2. The fraction of sp³-hybridized carbons (Fsp3) is 0. The lowest BCUT2D eigenvalue weighted by molar-refractivity contribution is 1.03. The van der Waals surface area contributed by atoms with Gasteiger partial charge in [0.1, 0.15) is 5.69 Å². The van der Waals surface area contributed by atoms with Crippen molar-refractivity contribution in [3.63, 3.8) is 0 Å². The van der Waals surface area contributed by atoms with Gasteiger partial charge in [-0.1, -0.05) is 42.5 Å². The minimum absolute atomic E-state index is 0.0867. The monoisotopic (exact) mass is 261 g/mol. The Morgan fingerprint density at radius 3 is 2.55 bits per heavy atom. The highest BCUT2D eigenvalue weighted by molar-refractivity contribution is 5.78. The first kappa shape index (κ1) is 11.0. The zero-order chi connectivity index (χ0) is 13.5. The maximum atomic E-state index is 12.6. The number of hydrogen-bond acceptors (Lipinski definition) is 2. The normalized spacial score (nSPS) is 11.2. The molecule has 0 aliphatic carbocycles. The summed E-state index contributed by atoms with van der Waals surface area (Å²) in [5.41, 5.74) is 2.98. The molecular weight excluding hydrogens is 250 g/mol. The highest BCUT2D eigenvalue weighted by Gasteiger charge is 2.17. The van der Waals surface area contributed by atoms with Crippen molar-refractivity contribution in [2.75, 3.05) is 0 Å². The smallest absolute Gasteiger partial charge is 0.283 e. The van der Waals surface area contributed by atoms with Gasteiger partial charge < -0.3 is 4.98 Å². The number of fused-ring (bicyclic) bond motifs is 3. The van der Waals surface area contributed by atoms with Gasteiger partial charge in [-0.05, 0) is 12.1 Å². The standard InChI is InChI=1S/C16H11N3O/c20-16-15(11-6-2-1-3-7-11)18-14-10-17-12-8-4-5-9-13(12)19(14)16/h1-10,17H. The Bertz CT molecular complexity index is 921. The minimum Gasteiger partial charge on any atom is -0.357 e. The molecule has 2 heterocycles. The number of nitrogens with one attached hydrogen (secondary N) is 1. The summed E-state index contributed by atoms with van der Waals surface area (Å²) in [6.07, 6.45) is 1.76. The zero-order valence-corrected chi connectivity index (χ0v) is 10.6. The summed E-state index contributed by atoms with van der Waals surface area (Å²) in [5.74, 6) is 0.632. The van der Waals surface area contributed by atoms with Crippen molar-refractivity contribution in [3.8, 4) is 17.1 Å². The number of H-pyrrole nitrogens is 1. The topological polar surface area (TPSA) is 50.7 Å². The van der Waals surface area contributed by atoms with Crippen LogP contribution in [0.25, 0.3) is 28.1 Å². The van der Waals surface area contributed by atoms with E-state index < -0.39 is 0 Å². The molecule has 0 saturated carbocycles. The van der Waals surface area contributed by atoms with E-state index in [9.17, 15) is 4.79 Å². The highest BCUT2D eigenvalue weighted by atomic mass is 16.1. The van der Waals surface area contributed by atoms with Gasteiger partial charge in [-0.2, -0.15) is 0 Å². The Kier molecular flexibility index (Phi) is 2.23. The molecule has 0 radical (unpaired) electrons. The van der Waals surface area contributed by atoms with Crippen LogP contribution in [0.15, 0.2) is 65.6 Å². The fourth-order valence-corrected chi connectivity index (χ4v) is 2.47. The number of para-hydroxylation sites is 2. The van der Waals surface area contributed by atoms with Crippen molar-refractivity contribution in [3.05, 3.63) is 71.1 Å². The molecule has 0 aromatic heterocycles. The Labute approximate surface area is 114 Å². The van der Waals surface area contributed by atoms with Gasteiger partial charge in [0, 0.05) is 11.8 Å². The zero-order valence-electron chi connectivity index (χ0n) is 10.6. The molecule has 20 heavy (non-hydrogen) atoms. The Morgan fingerprint density at radius 2 is 1.70 bits per heavy atom. The molecule has 0 amide bonds. The number of imidazole rings is 1. The van der Waals surface area contributed by atoms with Crippen molar-refractivity contribution in [1.82, 2.24) is 14.5 Å². The average molecular weight is 261 g/mol. The van der Waals surface area contributed by atoms with E-state index in [-0.39, 0.29) is 5.56 Å². The molecule has 1 N–H and O–H groups in total. The Balaban J connectivity index is 2.12. The van der Waals surface area contributed by atoms with Crippen molar-refractivity contribution >= 4 is 11.0 Å². The van der Waals surface area contributed by atoms with E-state index >= 15 is 0 Å². The predicted molar refractivity (Wildman–Crippen MR) is 78.3 cm³/mol. The molecule has 4 rings (SSSR count). The van der Waals surface area contributed by atoms with Crippen LogP contribution in [0.2, 0.25) is 0 Å². The van der Waals surface area contributed by atoms with Crippen LogP contribution in [0.1, 0.15) is 0 Å². The van der Waals surface area contributed by atoms with Crippen molar-refractivity contribution < 1.29 is 0 Å². The molecule has 0 fully saturated rings. The summed E-state index contributed by atoms with van der Waals surface area (Å²) in [4.78, 5) is 20.2. The van der Waals surface area contributed by atoms with Crippen LogP contribution in [0.4, 0.5) is 0 Å².